The topological polar surface area (TPSA) is 80.6 Å². The van der Waals surface area contributed by atoms with Gasteiger partial charge in [-0.3, -0.25) is 9.59 Å². The quantitative estimate of drug-likeness (QED) is 0.423. The first-order valence-corrected chi connectivity index (χ1v) is 11.0. The molecule has 1 aliphatic carbocycles. The lowest BCUT2D eigenvalue weighted by atomic mass is 10.0. The molecule has 0 aliphatic heterocycles. The number of methoxy groups -OCH3 is 1. The SMILES string of the molecule is COc1ccccc1NC(=O)c1ccc(NC(=O)Cc2coc3cc4c(cc23)CCC4)cc1. The summed E-state index contributed by atoms with van der Waals surface area (Å²) in [6, 6.07) is 18.3. The van der Waals surface area contributed by atoms with Crippen molar-refractivity contribution in [1.82, 2.24) is 0 Å². The summed E-state index contributed by atoms with van der Waals surface area (Å²) in [5, 5.41) is 6.75. The van der Waals surface area contributed by atoms with Gasteiger partial charge in [0.25, 0.3) is 5.91 Å². The highest BCUT2D eigenvalue weighted by Crippen LogP contribution is 2.30. The molecule has 0 bridgehead atoms. The van der Waals surface area contributed by atoms with Crippen LogP contribution in [0.15, 0.2) is 71.3 Å². The lowest BCUT2D eigenvalue weighted by molar-refractivity contribution is -0.115. The van der Waals surface area contributed by atoms with Gasteiger partial charge in [0.15, 0.2) is 0 Å². The summed E-state index contributed by atoms with van der Waals surface area (Å²) in [5.41, 5.74) is 6.13. The summed E-state index contributed by atoms with van der Waals surface area (Å²) in [6.07, 6.45) is 5.24. The number of para-hydroxylation sites is 2. The van der Waals surface area contributed by atoms with Crippen LogP contribution in [0, 0.1) is 0 Å². The third kappa shape index (κ3) is 4.32. The Kier molecular flexibility index (Phi) is 5.57. The smallest absolute Gasteiger partial charge is 0.255 e. The van der Waals surface area contributed by atoms with E-state index in [1.807, 2.05) is 12.1 Å². The molecule has 6 nitrogen and oxygen atoms in total. The fourth-order valence-electron chi connectivity index (χ4n) is 4.31. The second-order valence-electron chi connectivity index (χ2n) is 8.19. The molecule has 1 aliphatic rings. The molecule has 0 fully saturated rings. The maximum Gasteiger partial charge on any atom is 0.255 e. The monoisotopic (exact) mass is 440 g/mol. The number of nitrogens with one attached hydrogen (secondary N) is 2. The first kappa shape index (κ1) is 20.8. The minimum Gasteiger partial charge on any atom is -0.495 e. The Morgan fingerprint density at radius 3 is 2.52 bits per heavy atom. The number of hydrogen-bond donors (Lipinski definition) is 2. The molecule has 0 atom stereocenters. The zero-order chi connectivity index (χ0) is 22.8. The van der Waals surface area contributed by atoms with Crippen LogP contribution in [-0.4, -0.2) is 18.9 Å². The van der Waals surface area contributed by atoms with E-state index >= 15 is 0 Å². The Balaban J connectivity index is 1.23. The van der Waals surface area contributed by atoms with Gasteiger partial charge < -0.3 is 19.8 Å². The molecule has 0 saturated carbocycles. The van der Waals surface area contributed by atoms with Crippen LogP contribution < -0.4 is 15.4 Å². The molecule has 2 N–H and O–H groups in total. The van der Waals surface area contributed by atoms with Crippen LogP contribution in [0.1, 0.15) is 33.5 Å². The second kappa shape index (κ2) is 8.82. The molecule has 0 saturated heterocycles. The summed E-state index contributed by atoms with van der Waals surface area (Å²) in [4.78, 5) is 25.2. The third-order valence-electron chi connectivity index (χ3n) is 6.01. The van der Waals surface area contributed by atoms with Crippen LogP contribution in [0.4, 0.5) is 11.4 Å². The van der Waals surface area contributed by atoms with E-state index in [2.05, 4.69) is 22.8 Å². The highest BCUT2D eigenvalue weighted by atomic mass is 16.5. The van der Waals surface area contributed by atoms with E-state index < -0.39 is 0 Å². The molecule has 2 amide bonds. The standard InChI is InChI=1S/C27H24N2O4/c1-32-24-8-3-2-7-23(24)29-27(31)17-9-11-21(12-10-17)28-26(30)15-20-16-33-25-14-19-6-4-5-18(19)13-22(20)25/h2-3,7-14,16H,4-6,15H2,1H3,(H,28,30)(H,29,31). The van der Waals surface area contributed by atoms with Crippen LogP contribution in [0.5, 0.6) is 5.75 Å². The maximum atomic E-state index is 12.6. The van der Waals surface area contributed by atoms with Crippen molar-refractivity contribution in [2.24, 2.45) is 0 Å². The molecule has 0 spiro atoms. The Morgan fingerprint density at radius 2 is 1.73 bits per heavy atom. The lowest BCUT2D eigenvalue weighted by Gasteiger charge is -2.10. The van der Waals surface area contributed by atoms with Gasteiger partial charge in [-0.1, -0.05) is 12.1 Å². The minimum absolute atomic E-state index is 0.135. The molecule has 1 aromatic heterocycles. The number of hydrogen-bond acceptors (Lipinski definition) is 4. The predicted molar refractivity (Wildman–Crippen MR) is 128 cm³/mol. The molecule has 33 heavy (non-hydrogen) atoms. The number of carbonyl (C=O) groups is 2. The van der Waals surface area contributed by atoms with E-state index in [-0.39, 0.29) is 18.2 Å². The second-order valence-corrected chi connectivity index (χ2v) is 8.19. The Morgan fingerprint density at radius 1 is 0.970 bits per heavy atom. The Hall–Kier alpha value is -4.06. The normalized spacial score (nSPS) is 12.4. The molecule has 0 radical (unpaired) electrons. The summed E-state index contributed by atoms with van der Waals surface area (Å²) in [5.74, 6) is 0.200. The number of fused-ring (bicyclic) bond motifs is 2. The molecule has 166 valence electrons. The largest absolute Gasteiger partial charge is 0.495 e. The number of furan rings is 1. The first-order chi connectivity index (χ1) is 16.1. The van der Waals surface area contributed by atoms with Crippen LogP contribution in [0.25, 0.3) is 11.0 Å². The number of amides is 2. The Labute approximate surface area is 191 Å². The van der Waals surface area contributed by atoms with E-state index in [9.17, 15) is 9.59 Å². The van der Waals surface area contributed by atoms with Crippen LogP contribution in [0.2, 0.25) is 0 Å². The molecule has 6 heteroatoms. The lowest BCUT2D eigenvalue weighted by Crippen LogP contribution is -2.15. The van der Waals surface area contributed by atoms with Crippen molar-refractivity contribution in [2.75, 3.05) is 17.7 Å². The van der Waals surface area contributed by atoms with Crippen molar-refractivity contribution >= 4 is 34.2 Å². The van der Waals surface area contributed by atoms with Crippen molar-refractivity contribution < 1.29 is 18.7 Å². The fraction of sp³-hybridized carbons (Fsp3) is 0.185. The molecular weight excluding hydrogens is 416 g/mol. The fourth-order valence-corrected chi connectivity index (χ4v) is 4.31. The summed E-state index contributed by atoms with van der Waals surface area (Å²) in [7, 11) is 1.56. The third-order valence-corrected chi connectivity index (χ3v) is 6.01. The van der Waals surface area contributed by atoms with Gasteiger partial charge in [-0.15, -0.1) is 0 Å². The average Bonchev–Trinajstić information content (AvgIpc) is 3.44. The summed E-state index contributed by atoms with van der Waals surface area (Å²) >= 11 is 0. The number of benzene rings is 3. The first-order valence-electron chi connectivity index (χ1n) is 11.0. The van der Waals surface area contributed by atoms with Gasteiger partial charge in [0.1, 0.15) is 11.3 Å². The van der Waals surface area contributed by atoms with Gasteiger partial charge in [0.2, 0.25) is 5.91 Å². The minimum atomic E-state index is -0.255. The molecule has 0 unspecified atom stereocenters. The van der Waals surface area contributed by atoms with Crippen molar-refractivity contribution in [3.8, 4) is 5.75 Å². The molecule has 1 heterocycles. The van der Waals surface area contributed by atoms with Gasteiger partial charge in [0.05, 0.1) is 25.5 Å². The van der Waals surface area contributed by atoms with Crippen molar-refractivity contribution in [2.45, 2.75) is 25.7 Å². The predicted octanol–water partition coefficient (Wildman–Crippen LogP) is 5.36. The van der Waals surface area contributed by atoms with Gasteiger partial charge >= 0.3 is 0 Å². The highest BCUT2D eigenvalue weighted by Gasteiger charge is 2.17. The zero-order valence-electron chi connectivity index (χ0n) is 18.3. The molecule has 3 aromatic carbocycles. The van der Waals surface area contributed by atoms with Gasteiger partial charge in [-0.2, -0.15) is 0 Å². The van der Waals surface area contributed by atoms with Crippen LogP contribution in [0.3, 0.4) is 0 Å². The molecular formula is C27H24N2O4. The number of carbonyl (C=O) groups excluding carboxylic acids is 2. The van der Waals surface area contributed by atoms with E-state index in [0.717, 1.165) is 29.4 Å². The van der Waals surface area contributed by atoms with Crippen LogP contribution in [-0.2, 0) is 24.1 Å². The number of anilines is 2. The number of rotatable bonds is 6. The van der Waals surface area contributed by atoms with E-state index in [0.29, 0.717) is 22.7 Å². The summed E-state index contributed by atoms with van der Waals surface area (Å²) < 4.78 is 11.0. The highest BCUT2D eigenvalue weighted by molar-refractivity contribution is 6.05. The zero-order valence-corrected chi connectivity index (χ0v) is 18.3. The number of ether oxygens (including phenoxy) is 1. The number of aryl methyl sites for hydroxylation is 2. The van der Waals surface area contributed by atoms with Gasteiger partial charge in [0, 0.05) is 22.2 Å². The van der Waals surface area contributed by atoms with Gasteiger partial charge in [-0.25, -0.2) is 0 Å². The van der Waals surface area contributed by atoms with Crippen LogP contribution >= 0.6 is 0 Å². The van der Waals surface area contributed by atoms with Crippen molar-refractivity contribution in [1.29, 1.82) is 0 Å². The average molecular weight is 440 g/mol. The van der Waals surface area contributed by atoms with Crippen molar-refractivity contribution in [3.63, 3.8) is 0 Å². The Bertz CT molecular complexity index is 1340. The van der Waals surface area contributed by atoms with Crippen molar-refractivity contribution in [3.05, 3.63) is 89.2 Å². The van der Waals surface area contributed by atoms with Gasteiger partial charge in [-0.05, 0) is 78.9 Å². The molecule has 5 rings (SSSR count). The van der Waals surface area contributed by atoms with E-state index in [1.165, 1.54) is 17.5 Å². The maximum absolute atomic E-state index is 12.6. The molecule has 4 aromatic rings. The van der Waals surface area contributed by atoms with E-state index in [1.54, 1.807) is 49.8 Å². The van der Waals surface area contributed by atoms with E-state index in [4.69, 9.17) is 9.15 Å². The summed E-state index contributed by atoms with van der Waals surface area (Å²) in [6.45, 7) is 0.